The summed E-state index contributed by atoms with van der Waals surface area (Å²) in [5, 5.41) is 26.2. The number of para-hydroxylation sites is 1. The van der Waals surface area contributed by atoms with Crippen LogP contribution in [0.4, 0.5) is 4.39 Å². The first-order valence-electron chi connectivity index (χ1n) is 8.70. The van der Waals surface area contributed by atoms with E-state index in [1.54, 1.807) is 24.3 Å². The van der Waals surface area contributed by atoms with E-state index < -0.39 is 30.2 Å². The van der Waals surface area contributed by atoms with Crippen LogP contribution in [0.3, 0.4) is 0 Å². The lowest BCUT2D eigenvalue weighted by atomic mass is 10.0. The van der Waals surface area contributed by atoms with Crippen LogP contribution < -0.4 is 10.1 Å². The highest BCUT2D eigenvalue weighted by Crippen LogP contribution is 2.31. The van der Waals surface area contributed by atoms with Gasteiger partial charge in [0.2, 0.25) is 5.88 Å². The number of hydrogen-bond acceptors (Lipinski definition) is 5. The van der Waals surface area contributed by atoms with E-state index >= 15 is 0 Å². The molecule has 3 N–H and O–H groups in total. The Morgan fingerprint density at radius 1 is 1.27 bits per heavy atom. The van der Waals surface area contributed by atoms with Gasteiger partial charge in [-0.05, 0) is 24.3 Å². The zero-order valence-electron chi connectivity index (χ0n) is 15.7. The maximum absolute atomic E-state index is 14.4. The quantitative estimate of drug-likeness (QED) is 0.526. The second-order valence-corrected chi connectivity index (χ2v) is 6.64. The third-order valence-corrected chi connectivity index (χ3v) is 4.59. The van der Waals surface area contributed by atoms with Gasteiger partial charge in [0, 0.05) is 6.07 Å². The van der Waals surface area contributed by atoms with E-state index in [1.807, 2.05) is 0 Å². The van der Waals surface area contributed by atoms with Gasteiger partial charge in [-0.15, -0.1) is 0 Å². The van der Waals surface area contributed by atoms with Crippen LogP contribution in [0.5, 0.6) is 11.6 Å². The molecule has 0 bridgehead atoms. The van der Waals surface area contributed by atoms with Gasteiger partial charge in [-0.2, -0.15) is 9.78 Å². The number of benzene rings is 2. The van der Waals surface area contributed by atoms with E-state index in [-0.39, 0.29) is 22.9 Å². The monoisotopic (exact) mass is 433 g/mol. The number of carbonyl (C=O) groups is 2. The number of ether oxygens (including phenoxy) is 1. The van der Waals surface area contributed by atoms with Gasteiger partial charge >= 0.3 is 5.97 Å². The summed E-state index contributed by atoms with van der Waals surface area (Å²) in [4.78, 5) is 24.0. The third-order valence-electron chi connectivity index (χ3n) is 4.27. The molecule has 0 saturated heterocycles. The number of rotatable bonds is 7. The molecule has 1 atom stereocenters. The molecule has 156 valence electrons. The summed E-state index contributed by atoms with van der Waals surface area (Å²) >= 11 is 6.10. The van der Waals surface area contributed by atoms with Crippen LogP contribution >= 0.6 is 11.6 Å². The summed E-state index contributed by atoms with van der Waals surface area (Å²) in [5.74, 6) is -3.06. The SMILES string of the molecule is COc1cccc(F)c1C(CC(=O)O)NC(=O)c1cc(O)n(-c2ccccc2Cl)n1. The highest BCUT2D eigenvalue weighted by atomic mass is 35.5. The molecule has 0 radical (unpaired) electrons. The fourth-order valence-electron chi connectivity index (χ4n) is 2.95. The molecule has 1 unspecified atom stereocenters. The summed E-state index contributed by atoms with van der Waals surface area (Å²) in [6.07, 6.45) is -0.597. The Kier molecular flexibility index (Phi) is 6.22. The highest BCUT2D eigenvalue weighted by molar-refractivity contribution is 6.32. The van der Waals surface area contributed by atoms with Crippen molar-refractivity contribution in [2.45, 2.75) is 12.5 Å². The zero-order valence-corrected chi connectivity index (χ0v) is 16.4. The van der Waals surface area contributed by atoms with Crippen LogP contribution in [0.1, 0.15) is 28.5 Å². The van der Waals surface area contributed by atoms with Crippen molar-refractivity contribution in [3.8, 4) is 17.3 Å². The van der Waals surface area contributed by atoms with Crippen molar-refractivity contribution in [3.63, 3.8) is 0 Å². The number of aromatic nitrogens is 2. The van der Waals surface area contributed by atoms with Crippen LogP contribution in [0.15, 0.2) is 48.5 Å². The predicted octanol–water partition coefficient (Wildman–Crippen LogP) is 3.32. The smallest absolute Gasteiger partial charge is 0.305 e. The lowest BCUT2D eigenvalue weighted by Crippen LogP contribution is -2.31. The number of aliphatic carboxylic acids is 1. The minimum atomic E-state index is -1.25. The normalized spacial score (nSPS) is 11.7. The van der Waals surface area contributed by atoms with E-state index in [4.69, 9.17) is 16.3 Å². The molecule has 8 nitrogen and oxygen atoms in total. The predicted molar refractivity (Wildman–Crippen MR) is 106 cm³/mol. The van der Waals surface area contributed by atoms with Gasteiger partial charge < -0.3 is 20.3 Å². The topological polar surface area (TPSA) is 114 Å². The van der Waals surface area contributed by atoms with Gasteiger partial charge in [-0.3, -0.25) is 9.59 Å². The molecule has 1 aromatic heterocycles. The Balaban J connectivity index is 1.94. The molecule has 0 aliphatic carbocycles. The number of carboxylic acids is 1. The van der Waals surface area contributed by atoms with Crippen molar-refractivity contribution in [2.75, 3.05) is 7.11 Å². The van der Waals surface area contributed by atoms with Gasteiger partial charge in [-0.1, -0.05) is 29.8 Å². The first kappa shape index (κ1) is 21.1. The molecule has 1 amide bonds. The van der Waals surface area contributed by atoms with Crippen LogP contribution in [0.25, 0.3) is 5.69 Å². The van der Waals surface area contributed by atoms with Crippen LogP contribution in [-0.2, 0) is 4.79 Å². The standard InChI is InChI=1S/C20H17ClFN3O5/c1-30-16-8-4-6-12(22)19(16)13(10-18(27)28)23-20(29)14-9-17(26)25(24-14)15-7-3-2-5-11(15)21/h2-9,13,26H,10H2,1H3,(H,23,29)(H,27,28). The van der Waals surface area contributed by atoms with Crippen molar-refractivity contribution in [1.82, 2.24) is 15.1 Å². The average molecular weight is 434 g/mol. The van der Waals surface area contributed by atoms with Crippen LogP contribution in [0, 0.1) is 5.82 Å². The summed E-state index contributed by atoms with van der Waals surface area (Å²) in [7, 11) is 1.31. The molecular formula is C20H17ClFN3O5. The lowest BCUT2D eigenvalue weighted by Gasteiger charge is -2.20. The molecule has 0 spiro atoms. The second-order valence-electron chi connectivity index (χ2n) is 6.23. The molecular weight excluding hydrogens is 417 g/mol. The Morgan fingerprint density at radius 2 is 2.00 bits per heavy atom. The lowest BCUT2D eigenvalue weighted by molar-refractivity contribution is -0.137. The van der Waals surface area contributed by atoms with Crippen molar-refractivity contribution < 1.29 is 28.9 Å². The third kappa shape index (κ3) is 4.36. The van der Waals surface area contributed by atoms with Gasteiger partial charge in [-0.25, -0.2) is 4.39 Å². The Morgan fingerprint density at radius 3 is 2.67 bits per heavy atom. The molecule has 0 aliphatic rings. The molecule has 10 heteroatoms. The number of methoxy groups -OCH3 is 1. The fraction of sp³-hybridized carbons (Fsp3) is 0.150. The van der Waals surface area contributed by atoms with Crippen molar-refractivity contribution in [1.29, 1.82) is 0 Å². The summed E-state index contributed by atoms with van der Waals surface area (Å²) in [6, 6.07) is 10.4. The minimum Gasteiger partial charge on any atom is -0.496 e. The molecule has 1 heterocycles. The second kappa shape index (κ2) is 8.83. The number of carbonyl (C=O) groups excluding carboxylic acids is 1. The average Bonchev–Trinajstić information content (AvgIpc) is 3.09. The number of aromatic hydroxyl groups is 1. The summed E-state index contributed by atoms with van der Waals surface area (Å²) < 4.78 is 20.6. The van der Waals surface area contributed by atoms with Gasteiger partial charge in [0.15, 0.2) is 5.69 Å². The first-order valence-corrected chi connectivity index (χ1v) is 9.08. The van der Waals surface area contributed by atoms with Crippen LogP contribution in [0.2, 0.25) is 5.02 Å². The molecule has 0 fully saturated rings. The maximum atomic E-state index is 14.4. The molecule has 3 rings (SSSR count). The Bertz CT molecular complexity index is 1100. The maximum Gasteiger partial charge on any atom is 0.305 e. The van der Waals surface area contributed by atoms with E-state index in [0.29, 0.717) is 10.7 Å². The number of carboxylic acid groups (broad SMARTS) is 1. The first-order chi connectivity index (χ1) is 14.3. The number of amides is 1. The number of nitrogens with one attached hydrogen (secondary N) is 1. The van der Waals surface area contributed by atoms with Gasteiger partial charge in [0.1, 0.15) is 11.6 Å². The Hall–Kier alpha value is -3.59. The molecule has 2 aromatic carbocycles. The Labute approximate surface area is 175 Å². The zero-order chi connectivity index (χ0) is 21.8. The number of halogens is 2. The van der Waals surface area contributed by atoms with E-state index in [2.05, 4.69) is 10.4 Å². The number of nitrogens with zero attached hydrogens (tertiary/aromatic N) is 2. The van der Waals surface area contributed by atoms with E-state index in [1.165, 1.54) is 19.2 Å². The summed E-state index contributed by atoms with van der Waals surface area (Å²) in [5.41, 5.74) is 0.0252. The molecule has 0 saturated carbocycles. The largest absolute Gasteiger partial charge is 0.496 e. The minimum absolute atomic E-state index is 0.0889. The van der Waals surface area contributed by atoms with E-state index in [9.17, 15) is 24.2 Å². The highest BCUT2D eigenvalue weighted by Gasteiger charge is 2.27. The van der Waals surface area contributed by atoms with Crippen molar-refractivity contribution in [2.24, 2.45) is 0 Å². The summed E-state index contributed by atoms with van der Waals surface area (Å²) in [6.45, 7) is 0. The van der Waals surface area contributed by atoms with Crippen molar-refractivity contribution >= 4 is 23.5 Å². The fourth-order valence-corrected chi connectivity index (χ4v) is 3.16. The molecule has 0 aliphatic heterocycles. The van der Waals surface area contributed by atoms with Crippen LogP contribution in [-0.4, -0.2) is 39.0 Å². The molecule has 3 aromatic rings. The van der Waals surface area contributed by atoms with E-state index in [0.717, 1.165) is 16.8 Å². The number of hydrogen-bond donors (Lipinski definition) is 3. The molecule has 30 heavy (non-hydrogen) atoms. The van der Waals surface area contributed by atoms with Gasteiger partial charge in [0.05, 0.1) is 35.8 Å². The van der Waals surface area contributed by atoms with Crippen molar-refractivity contribution in [3.05, 3.63) is 70.6 Å². The van der Waals surface area contributed by atoms with Gasteiger partial charge in [0.25, 0.3) is 5.91 Å².